The summed E-state index contributed by atoms with van der Waals surface area (Å²) in [5, 5.41) is 10.8. The molecule has 2 amide bonds. The number of nitrogens with one attached hydrogen (secondary N) is 1. The fourth-order valence-corrected chi connectivity index (χ4v) is 3.18. The maximum Gasteiger partial charge on any atom is 0.322 e. The summed E-state index contributed by atoms with van der Waals surface area (Å²) in [6.07, 6.45) is 2.49. The lowest BCUT2D eigenvalue weighted by Gasteiger charge is -2.36. The van der Waals surface area contributed by atoms with Crippen molar-refractivity contribution in [2.24, 2.45) is 11.8 Å². The first-order chi connectivity index (χ1) is 13.3. The Morgan fingerprint density at radius 3 is 2.50 bits per heavy atom. The van der Waals surface area contributed by atoms with Crippen LogP contribution in [0.25, 0.3) is 0 Å². The molecule has 1 aromatic carbocycles. The van der Waals surface area contributed by atoms with Crippen LogP contribution in [0.5, 0.6) is 5.75 Å². The van der Waals surface area contributed by atoms with E-state index in [0.717, 1.165) is 17.9 Å². The molecule has 28 heavy (non-hydrogen) atoms. The molecule has 150 valence electrons. The summed E-state index contributed by atoms with van der Waals surface area (Å²) in [6, 6.07) is 7.07. The highest BCUT2D eigenvalue weighted by molar-refractivity contribution is 6.19. The number of nitrogens with zero attached hydrogens (tertiary/aromatic N) is 1. The van der Waals surface area contributed by atoms with Gasteiger partial charge in [0.15, 0.2) is 11.7 Å². The number of rotatable bonds is 8. The number of hydrogen-bond acceptors (Lipinski definition) is 5. The number of aliphatic carboxylic acids is 1. The molecular formula is C20H24N2O6. The Kier molecular flexibility index (Phi) is 5.96. The molecule has 2 unspecified atom stereocenters. The molecule has 8 heteroatoms. The van der Waals surface area contributed by atoms with E-state index in [1.165, 1.54) is 17.7 Å². The predicted octanol–water partition coefficient (Wildman–Crippen LogP) is 0.982. The normalized spacial score (nSPS) is 22.1. The van der Waals surface area contributed by atoms with Gasteiger partial charge >= 0.3 is 5.97 Å². The molecule has 2 N–H and O–H groups in total. The van der Waals surface area contributed by atoms with Gasteiger partial charge in [-0.3, -0.25) is 19.2 Å². The number of hydrogen-bond donors (Lipinski definition) is 2. The first kappa shape index (κ1) is 19.9. The SMILES string of the molecule is CC1CC(=O)C(C(=O)NCC(=O)O)C(=O)N1Cc1ccc(OCC2CC2)cc1. The molecule has 2 atom stereocenters. The van der Waals surface area contributed by atoms with Gasteiger partial charge in [0.25, 0.3) is 0 Å². The van der Waals surface area contributed by atoms with Gasteiger partial charge in [-0.2, -0.15) is 0 Å². The lowest BCUT2D eigenvalue weighted by atomic mass is 9.90. The Balaban J connectivity index is 1.64. The van der Waals surface area contributed by atoms with Gasteiger partial charge in [0.2, 0.25) is 11.8 Å². The van der Waals surface area contributed by atoms with E-state index in [9.17, 15) is 19.2 Å². The number of benzene rings is 1. The second kappa shape index (κ2) is 8.41. The number of carbonyl (C=O) groups is 4. The summed E-state index contributed by atoms with van der Waals surface area (Å²) in [5.41, 5.74) is 0.859. The maximum absolute atomic E-state index is 12.8. The van der Waals surface area contributed by atoms with E-state index >= 15 is 0 Å². The first-order valence-electron chi connectivity index (χ1n) is 9.39. The van der Waals surface area contributed by atoms with Gasteiger partial charge in [0.05, 0.1) is 6.61 Å². The van der Waals surface area contributed by atoms with Crippen molar-refractivity contribution in [3.05, 3.63) is 29.8 Å². The largest absolute Gasteiger partial charge is 0.493 e. The molecule has 2 fully saturated rings. The number of carboxylic acids is 1. The van der Waals surface area contributed by atoms with Crippen LogP contribution < -0.4 is 10.1 Å². The standard InChI is InChI=1S/C20H24N2O6/c1-12-8-16(23)18(19(26)21-9-17(24)25)20(27)22(12)10-13-4-6-15(7-5-13)28-11-14-2-3-14/h4-7,12,14,18H,2-3,8-11H2,1H3,(H,21,26)(H,24,25). The Morgan fingerprint density at radius 2 is 1.89 bits per heavy atom. The Morgan fingerprint density at radius 1 is 1.21 bits per heavy atom. The van der Waals surface area contributed by atoms with Gasteiger partial charge in [0.1, 0.15) is 12.3 Å². The Bertz CT molecular complexity index is 771. The van der Waals surface area contributed by atoms with Crippen LogP contribution in [0.3, 0.4) is 0 Å². The number of ether oxygens (including phenoxy) is 1. The summed E-state index contributed by atoms with van der Waals surface area (Å²) in [7, 11) is 0. The fraction of sp³-hybridized carbons (Fsp3) is 0.500. The lowest BCUT2D eigenvalue weighted by molar-refractivity contribution is -0.154. The summed E-state index contributed by atoms with van der Waals surface area (Å²) >= 11 is 0. The Hall–Kier alpha value is -2.90. The minimum absolute atomic E-state index is 0.0550. The highest BCUT2D eigenvalue weighted by atomic mass is 16.5. The number of piperidine rings is 1. The molecule has 0 bridgehead atoms. The van der Waals surface area contributed by atoms with Crippen molar-refractivity contribution in [2.45, 2.75) is 38.8 Å². The van der Waals surface area contributed by atoms with Crippen molar-refractivity contribution in [1.82, 2.24) is 10.2 Å². The second-order valence-corrected chi connectivity index (χ2v) is 7.43. The molecule has 1 heterocycles. The van der Waals surface area contributed by atoms with Crippen LogP contribution in [0.1, 0.15) is 31.7 Å². The van der Waals surface area contributed by atoms with Crippen molar-refractivity contribution in [3.8, 4) is 5.75 Å². The van der Waals surface area contributed by atoms with Crippen molar-refractivity contribution >= 4 is 23.6 Å². The van der Waals surface area contributed by atoms with Crippen LogP contribution in [0.4, 0.5) is 0 Å². The third-order valence-corrected chi connectivity index (χ3v) is 5.02. The molecule has 0 spiro atoms. The molecule has 0 aromatic heterocycles. The van der Waals surface area contributed by atoms with Crippen LogP contribution in [-0.4, -0.2) is 52.8 Å². The number of Topliss-reactive ketones (excluding diaryl/α,β-unsaturated/α-hetero) is 1. The van der Waals surface area contributed by atoms with Crippen LogP contribution in [0.15, 0.2) is 24.3 Å². The summed E-state index contributed by atoms with van der Waals surface area (Å²) < 4.78 is 5.70. The highest BCUT2D eigenvalue weighted by Gasteiger charge is 2.43. The smallest absolute Gasteiger partial charge is 0.322 e. The molecule has 8 nitrogen and oxygen atoms in total. The topological polar surface area (TPSA) is 113 Å². The van der Waals surface area contributed by atoms with Gasteiger partial charge in [-0.25, -0.2) is 0 Å². The molecule has 1 saturated heterocycles. The van der Waals surface area contributed by atoms with Crippen molar-refractivity contribution in [1.29, 1.82) is 0 Å². The van der Waals surface area contributed by atoms with E-state index < -0.39 is 36.0 Å². The van der Waals surface area contributed by atoms with Gasteiger partial charge < -0.3 is 20.1 Å². The monoisotopic (exact) mass is 388 g/mol. The second-order valence-electron chi connectivity index (χ2n) is 7.43. The van der Waals surface area contributed by atoms with Crippen molar-refractivity contribution in [3.63, 3.8) is 0 Å². The van der Waals surface area contributed by atoms with Crippen LogP contribution in [0.2, 0.25) is 0 Å². The third-order valence-electron chi connectivity index (χ3n) is 5.02. The number of carboxylic acid groups (broad SMARTS) is 1. The van der Waals surface area contributed by atoms with Gasteiger partial charge in [-0.05, 0) is 43.4 Å². The summed E-state index contributed by atoms with van der Waals surface area (Å²) in [5.74, 6) is -3.24. The molecule has 1 aliphatic carbocycles. The molecule has 3 rings (SSSR count). The average molecular weight is 388 g/mol. The van der Waals surface area contributed by atoms with E-state index in [1.807, 2.05) is 24.3 Å². The minimum Gasteiger partial charge on any atom is -0.493 e. The van der Waals surface area contributed by atoms with Crippen LogP contribution in [0, 0.1) is 11.8 Å². The third kappa shape index (κ3) is 4.88. The highest BCUT2D eigenvalue weighted by Crippen LogP contribution is 2.30. The van der Waals surface area contributed by atoms with Crippen LogP contribution >= 0.6 is 0 Å². The Labute approximate surface area is 162 Å². The van der Waals surface area contributed by atoms with Crippen molar-refractivity contribution in [2.75, 3.05) is 13.2 Å². The lowest BCUT2D eigenvalue weighted by Crippen LogP contribution is -2.55. The molecular weight excluding hydrogens is 364 g/mol. The van der Waals surface area contributed by atoms with E-state index in [4.69, 9.17) is 9.84 Å². The zero-order valence-corrected chi connectivity index (χ0v) is 15.7. The molecule has 1 aliphatic heterocycles. The van der Waals surface area contributed by atoms with E-state index in [0.29, 0.717) is 5.92 Å². The zero-order chi connectivity index (χ0) is 20.3. The predicted molar refractivity (Wildman–Crippen MR) is 98.4 cm³/mol. The molecule has 2 aliphatic rings. The maximum atomic E-state index is 12.8. The zero-order valence-electron chi connectivity index (χ0n) is 15.7. The number of likely N-dealkylation sites (tertiary alicyclic amines) is 1. The number of amides is 2. The molecule has 0 radical (unpaired) electrons. The molecule has 1 saturated carbocycles. The number of ketones is 1. The fourth-order valence-electron chi connectivity index (χ4n) is 3.18. The summed E-state index contributed by atoms with van der Waals surface area (Å²) in [6.45, 7) is 2.11. The van der Waals surface area contributed by atoms with Gasteiger partial charge in [-0.1, -0.05) is 12.1 Å². The quantitative estimate of drug-likeness (QED) is 0.642. The minimum atomic E-state index is -1.49. The first-order valence-corrected chi connectivity index (χ1v) is 9.39. The van der Waals surface area contributed by atoms with E-state index in [2.05, 4.69) is 5.32 Å². The van der Waals surface area contributed by atoms with E-state index in [1.54, 1.807) is 6.92 Å². The van der Waals surface area contributed by atoms with Crippen molar-refractivity contribution < 1.29 is 29.0 Å². The molecule has 1 aromatic rings. The van der Waals surface area contributed by atoms with Crippen LogP contribution in [-0.2, 0) is 25.7 Å². The average Bonchev–Trinajstić information content (AvgIpc) is 3.47. The van der Waals surface area contributed by atoms with Gasteiger partial charge in [0, 0.05) is 19.0 Å². The number of carbonyl (C=O) groups excluding carboxylic acids is 3. The summed E-state index contributed by atoms with van der Waals surface area (Å²) in [4.78, 5) is 49.2. The van der Waals surface area contributed by atoms with Gasteiger partial charge in [-0.15, -0.1) is 0 Å². The van der Waals surface area contributed by atoms with E-state index in [-0.39, 0.29) is 19.0 Å².